The molecule has 0 unspecified atom stereocenters. The summed E-state index contributed by atoms with van der Waals surface area (Å²) in [5.41, 5.74) is 0.820. The third-order valence-electron chi connectivity index (χ3n) is 5.45. The minimum absolute atomic E-state index is 0.207. The van der Waals surface area contributed by atoms with Gasteiger partial charge in [-0.25, -0.2) is 4.98 Å². The molecule has 2 heterocycles. The standard InChI is InChI=1S/C23H27N3O4S2/c1-28-16-4-6-17(7-5-16)31-15-10-20(27)25-11-13-26(14-12-25)23-24-21-18(29-2)8-9-19(30-3)22(21)32-23/h4-9H,10-15H2,1-3H3. The van der Waals surface area contributed by atoms with Crippen molar-refractivity contribution in [1.29, 1.82) is 0 Å². The van der Waals surface area contributed by atoms with Gasteiger partial charge in [0.2, 0.25) is 5.91 Å². The molecular weight excluding hydrogens is 446 g/mol. The van der Waals surface area contributed by atoms with Crippen molar-refractivity contribution >= 4 is 44.4 Å². The topological polar surface area (TPSA) is 64.1 Å². The molecule has 3 aromatic rings. The number of carbonyl (C=O) groups is 1. The van der Waals surface area contributed by atoms with E-state index in [4.69, 9.17) is 19.2 Å². The molecular formula is C23H27N3O4S2. The van der Waals surface area contributed by atoms with Crippen molar-refractivity contribution in [2.45, 2.75) is 11.3 Å². The number of amides is 1. The van der Waals surface area contributed by atoms with Crippen LogP contribution in [0.3, 0.4) is 0 Å². The van der Waals surface area contributed by atoms with E-state index in [9.17, 15) is 4.79 Å². The molecule has 1 aliphatic rings. The number of thioether (sulfide) groups is 1. The fraction of sp³-hybridized carbons (Fsp3) is 0.391. The maximum atomic E-state index is 12.7. The van der Waals surface area contributed by atoms with Gasteiger partial charge in [-0.1, -0.05) is 11.3 Å². The van der Waals surface area contributed by atoms with Gasteiger partial charge in [0.15, 0.2) is 5.13 Å². The number of benzene rings is 2. The normalized spacial score (nSPS) is 14.0. The highest BCUT2D eigenvalue weighted by molar-refractivity contribution is 7.99. The van der Waals surface area contributed by atoms with Gasteiger partial charge in [0.05, 0.1) is 21.3 Å². The number of anilines is 1. The lowest BCUT2D eigenvalue weighted by atomic mass is 10.3. The molecule has 1 amide bonds. The van der Waals surface area contributed by atoms with Crippen LogP contribution in [0, 0.1) is 0 Å². The van der Waals surface area contributed by atoms with E-state index in [1.54, 1.807) is 44.4 Å². The van der Waals surface area contributed by atoms with Crippen molar-refractivity contribution in [3.05, 3.63) is 36.4 Å². The molecule has 1 saturated heterocycles. The number of carbonyl (C=O) groups excluding carboxylic acids is 1. The lowest BCUT2D eigenvalue weighted by Gasteiger charge is -2.34. The minimum Gasteiger partial charge on any atom is -0.497 e. The number of methoxy groups -OCH3 is 3. The second kappa shape index (κ2) is 10.3. The van der Waals surface area contributed by atoms with E-state index in [-0.39, 0.29) is 5.91 Å². The largest absolute Gasteiger partial charge is 0.497 e. The van der Waals surface area contributed by atoms with Crippen LogP contribution in [0.5, 0.6) is 17.2 Å². The quantitative estimate of drug-likeness (QED) is 0.455. The van der Waals surface area contributed by atoms with Crippen molar-refractivity contribution in [3.8, 4) is 17.2 Å². The number of fused-ring (bicyclic) bond motifs is 1. The molecule has 1 aromatic heterocycles. The van der Waals surface area contributed by atoms with Gasteiger partial charge in [0.1, 0.15) is 27.5 Å². The first-order chi connectivity index (χ1) is 15.6. The number of piperazine rings is 1. The maximum absolute atomic E-state index is 12.7. The van der Waals surface area contributed by atoms with E-state index in [1.807, 2.05) is 41.3 Å². The molecule has 170 valence electrons. The third-order valence-corrected chi connectivity index (χ3v) is 7.59. The summed E-state index contributed by atoms with van der Waals surface area (Å²) in [6.45, 7) is 2.94. The van der Waals surface area contributed by atoms with Crippen LogP contribution in [0.15, 0.2) is 41.3 Å². The van der Waals surface area contributed by atoms with Crippen LogP contribution in [0.2, 0.25) is 0 Å². The molecule has 0 saturated carbocycles. The summed E-state index contributed by atoms with van der Waals surface area (Å²) in [5, 5.41) is 0.935. The first-order valence-corrected chi connectivity index (χ1v) is 12.2. The molecule has 7 nitrogen and oxygen atoms in total. The van der Waals surface area contributed by atoms with Gasteiger partial charge in [-0.05, 0) is 36.4 Å². The number of nitrogens with zero attached hydrogens (tertiary/aromatic N) is 3. The second-order valence-corrected chi connectivity index (χ2v) is 9.43. The predicted octanol–water partition coefficient (Wildman–Crippen LogP) is 4.15. The van der Waals surface area contributed by atoms with E-state index in [0.29, 0.717) is 19.5 Å². The summed E-state index contributed by atoms with van der Waals surface area (Å²) in [6.07, 6.45) is 0.534. The molecule has 0 atom stereocenters. The van der Waals surface area contributed by atoms with Crippen LogP contribution in [0.25, 0.3) is 10.2 Å². The van der Waals surface area contributed by atoms with E-state index in [1.165, 1.54) is 0 Å². The van der Waals surface area contributed by atoms with Crippen molar-refractivity contribution in [2.24, 2.45) is 0 Å². The SMILES string of the molecule is COc1ccc(SCCC(=O)N2CCN(c3nc4c(OC)ccc(OC)c4s3)CC2)cc1. The van der Waals surface area contributed by atoms with Crippen LogP contribution >= 0.6 is 23.1 Å². The summed E-state index contributed by atoms with van der Waals surface area (Å²) in [5.74, 6) is 3.36. The number of ether oxygens (including phenoxy) is 3. The molecule has 0 N–H and O–H groups in total. The van der Waals surface area contributed by atoms with Crippen molar-refractivity contribution < 1.29 is 19.0 Å². The Kier molecular flexibility index (Phi) is 7.26. The van der Waals surface area contributed by atoms with Crippen LogP contribution in [0.1, 0.15) is 6.42 Å². The summed E-state index contributed by atoms with van der Waals surface area (Å²) in [7, 11) is 4.97. The highest BCUT2D eigenvalue weighted by Crippen LogP contribution is 2.40. The number of hydrogen-bond acceptors (Lipinski definition) is 8. The van der Waals surface area contributed by atoms with Gasteiger partial charge in [-0.2, -0.15) is 0 Å². The second-order valence-electron chi connectivity index (χ2n) is 7.29. The first kappa shape index (κ1) is 22.5. The Hall–Kier alpha value is -2.65. The van der Waals surface area contributed by atoms with Gasteiger partial charge in [-0.15, -0.1) is 11.8 Å². The minimum atomic E-state index is 0.207. The summed E-state index contributed by atoms with van der Waals surface area (Å²) in [6, 6.07) is 11.7. The maximum Gasteiger partial charge on any atom is 0.223 e. The summed E-state index contributed by atoms with van der Waals surface area (Å²) >= 11 is 3.30. The number of hydrogen-bond donors (Lipinski definition) is 0. The number of rotatable bonds is 8. The number of thiazole rings is 1. The molecule has 0 bridgehead atoms. The smallest absolute Gasteiger partial charge is 0.223 e. The lowest BCUT2D eigenvalue weighted by Crippen LogP contribution is -2.48. The molecule has 0 radical (unpaired) electrons. The summed E-state index contributed by atoms with van der Waals surface area (Å²) < 4.78 is 17.1. The lowest BCUT2D eigenvalue weighted by molar-refractivity contribution is -0.131. The van der Waals surface area contributed by atoms with Crippen molar-refractivity contribution in [3.63, 3.8) is 0 Å². The average molecular weight is 474 g/mol. The summed E-state index contributed by atoms with van der Waals surface area (Å²) in [4.78, 5) is 22.8. The van der Waals surface area contributed by atoms with Gasteiger partial charge in [0, 0.05) is 43.2 Å². The van der Waals surface area contributed by atoms with E-state index >= 15 is 0 Å². The molecule has 32 heavy (non-hydrogen) atoms. The zero-order valence-electron chi connectivity index (χ0n) is 18.5. The highest BCUT2D eigenvalue weighted by Gasteiger charge is 2.24. The molecule has 1 fully saturated rings. The average Bonchev–Trinajstić information content (AvgIpc) is 3.29. The van der Waals surface area contributed by atoms with Gasteiger partial charge >= 0.3 is 0 Å². The van der Waals surface area contributed by atoms with Crippen LogP contribution in [0.4, 0.5) is 5.13 Å². The molecule has 2 aromatic carbocycles. The molecule has 1 aliphatic heterocycles. The monoisotopic (exact) mass is 473 g/mol. The predicted molar refractivity (Wildman–Crippen MR) is 130 cm³/mol. The number of aromatic nitrogens is 1. The highest BCUT2D eigenvalue weighted by atomic mass is 32.2. The van der Waals surface area contributed by atoms with Crippen molar-refractivity contribution in [1.82, 2.24) is 9.88 Å². The van der Waals surface area contributed by atoms with Gasteiger partial charge in [0.25, 0.3) is 0 Å². The van der Waals surface area contributed by atoms with Gasteiger partial charge < -0.3 is 24.0 Å². The van der Waals surface area contributed by atoms with Crippen LogP contribution in [-0.4, -0.2) is 69.1 Å². The molecule has 4 rings (SSSR count). The van der Waals surface area contributed by atoms with E-state index in [2.05, 4.69) is 4.90 Å². The molecule has 9 heteroatoms. The Morgan fingerprint density at radius 2 is 1.66 bits per heavy atom. The molecule has 0 aliphatic carbocycles. The fourth-order valence-electron chi connectivity index (χ4n) is 3.64. The Morgan fingerprint density at radius 1 is 0.969 bits per heavy atom. The van der Waals surface area contributed by atoms with Gasteiger partial charge in [-0.3, -0.25) is 4.79 Å². The van der Waals surface area contributed by atoms with Crippen LogP contribution < -0.4 is 19.1 Å². The Morgan fingerprint density at radius 3 is 2.31 bits per heavy atom. The van der Waals surface area contributed by atoms with Crippen molar-refractivity contribution in [2.75, 3.05) is 58.2 Å². The fourth-order valence-corrected chi connectivity index (χ4v) is 5.61. The third kappa shape index (κ3) is 4.88. The van der Waals surface area contributed by atoms with E-state index < -0.39 is 0 Å². The zero-order valence-corrected chi connectivity index (χ0v) is 20.1. The molecule has 0 spiro atoms. The van der Waals surface area contributed by atoms with E-state index in [0.717, 1.165) is 56.3 Å². The first-order valence-electron chi connectivity index (χ1n) is 10.4. The zero-order chi connectivity index (χ0) is 22.5. The van der Waals surface area contributed by atoms with Crippen LogP contribution in [-0.2, 0) is 4.79 Å². The Bertz CT molecular complexity index is 1020. The Balaban J connectivity index is 1.31. The Labute approximate surface area is 196 Å².